The van der Waals surface area contributed by atoms with Crippen LogP contribution in [0, 0.1) is 0 Å². The molecule has 0 aromatic rings. The van der Waals surface area contributed by atoms with Crippen LogP contribution in [0.25, 0.3) is 0 Å². The normalized spacial score (nSPS) is 22.9. The van der Waals surface area contributed by atoms with Crippen LogP contribution >= 0.6 is 0 Å². The van der Waals surface area contributed by atoms with Crippen molar-refractivity contribution in [3.05, 3.63) is 0 Å². The number of ether oxygens (including phenoxy) is 1. The molecule has 0 aromatic heterocycles. The van der Waals surface area contributed by atoms with Crippen molar-refractivity contribution in [3.63, 3.8) is 0 Å². The molecule has 0 saturated carbocycles. The van der Waals surface area contributed by atoms with E-state index in [9.17, 15) is 18.0 Å². The molecule has 0 spiro atoms. The number of hydrogen-bond donors (Lipinski definition) is 2. The van der Waals surface area contributed by atoms with E-state index in [-0.39, 0.29) is 38.8 Å². The van der Waals surface area contributed by atoms with Gasteiger partial charge in [0, 0.05) is 12.6 Å². The zero-order valence-electron chi connectivity index (χ0n) is 11.7. The molecule has 1 rings (SSSR count). The van der Waals surface area contributed by atoms with Gasteiger partial charge in [-0.2, -0.15) is 13.2 Å². The molecule has 2 unspecified atom stereocenters. The van der Waals surface area contributed by atoms with Crippen LogP contribution in [0.1, 0.15) is 20.3 Å². The highest BCUT2D eigenvalue weighted by atomic mass is 19.4. The van der Waals surface area contributed by atoms with Gasteiger partial charge in [-0.3, -0.25) is 9.69 Å². The number of nitrogens with one attached hydrogen (secondary N) is 1. The number of nitrogens with zero attached hydrogens (tertiary/aromatic N) is 1. The Labute approximate surface area is 116 Å². The number of carbonyl (C=O) groups excluding carboxylic acids is 1. The molecule has 5 nitrogen and oxygen atoms in total. The number of amides is 1. The van der Waals surface area contributed by atoms with Crippen molar-refractivity contribution in [2.75, 3.05) is 26.3 Å². The molecule has 1 heterocycles. The van der Waals surface area contributed by atoms with Crippen LogP contribution in [-0.4, -0.2) is 61.4 Å². The molecule has 8 heteroatoms. The monoisotopic (exact) mass is 297 g/mol. The second-order valence-corrected chi connectivity index (χ2v) is 5.13. The van der Waals surface area contributed by atoms with Gasteiger partial charge in [0.25, 0.3) is 0 Å². The van der Waals surface area contributed by atoms with Gasteiger partial charge in [-0.1, -0.05) is 0 Å². The summed E-state index contributed by atoms with van der Waals surface area (Å²) in [5.41, 5.74) is 5.28. The van der Waals surface area contributed by atoms with Gasteiger partial charge in [-0.25, -0.2) is 0 Å². The number of halogens is 3. The van der Waals surface area contributed by atoms with Crippen LogP contribution in [0.4, 0.5) is 13.2 Å². The number of alkyl halides is 3. The van der Waals surface area contributed by atoms with Crippen molar-refractivity contribution in [1.29, 1.82) is 0 Å². The number of carbonyl (C=O) groups is 1. The summed E-state index contributed by atoms with van der Waals surface area (Å²) in [5, 5.41) is 2.63. The third kappa shape index (κ3) is 4.60. The fourth-order valence-corrected chi connectivity index (χ4v) is 2.27. The number of rotatable bonds is 5. The molecular weight excluding hydrogens is 275 g/mol. The van der Waals surface area contributed by atoms with Crippen LogP contribution in [-0.2, 0) is 9.53 Å². The first-order valence-corrected chi connectivity index (χ1v) is 6.68. The number of nitrogens with two attached hydrogens (primary N) is 1. The Hall–Kier alpha value is -0.860. The van der Waals surface area contributed by atoms with E-state index >= 15 is 0 Å². The number of hydrogen-bond acceptors (Lipinski definition) is 4. The van der Waals surface area contributed by atoms with Gasteiger partial charge in [0.2, 0.25) is 5.91 Å². The minimum Gasteiger partial charge on any atom is -0.378 e. The summed E-state index contributed by atoms with van der Waals surface area (Å²) >= 11 is 0. The molecule has 1 saturated heterocycles. The molecule has 1 fully saturated rings. The molecule has 1 amide bonds. The Morgan fingerprint density at radius 2 is 2.15 bits per heavy atom. The largest absolute Gasteiger partial charge is 0.404 e. The first-order valence-electron chi connectivity index (χ1n) is 6.68. The molecule has 0 aromatic carbocycles. The Bertz CT molecular complexity index is 324. The van der Waals surface area contributed by atoms with E-state index in [0.29, 0.717) is 0 Å². The second-order valence-electron chi connectivity index (χ2n) is 5.13. The summed E-state index contributed by atoms with van der Waals surface area (Å²) < 4.78 is 44.5. The lowest BCUT2D eigenvalue weighted by Crippen LogP contribution is -2.61. The van der Waals surface area contributed by atoms with Crippen molar-refractivity contribution in [2.24, 2.45) is 5.73 Å². The molecule has 3 N–H and O–H groups in total. The standard InChI is InChI=1S/C12H22F3N3O2/c1-8(2)17-11(19)9-7-20-6-5-18(9)10(3-4-16)12(13,14)15/h8-10H,3-7,16H2,1-2H3,(H,17,19). The van der Waals surface area contributed by atoms with Crippen molar-refractivity contribution in [1.82, 2.24) is 10.2 Å². The van der Waals surface area contributed by atoms with E-state index < -0.39 is 24.2 Å². The van der Waals surface area contributed by atoms with Crippen LogP contribution in [0.15, 0.2) is 0 Å². The minimum absolute atomic E-state index is 0.0320. The first-order chi connectivity index (χ1) is 9.27. The van der Waals surface area contributed by atoms with Gasteiger partial charge in [0.15, 0.2) is 0 Å². The third-order valence-corrected chi connectivity index (χ3v) is 3.12. The Morgan fingerprint density at radius 3 is 2.65 bits per heavy atom. The van der Waals surface area contributed by atoms with E-state index in [2.05, 4.69) is 5.32 Å². The van der Waals surface area contributed by atoms with Gasteiger partial charge >= 0.3 is 6.18 Å². The average Bonchev–Trinajstić information content (AvgIpc) is 2.33. The average molecular weight is 297 g/mol. The minimum atomic E-state index is -4.41. The molecule has 118 valence electrons. The molecule has 1 aliphatic heterocycles. The zero-order chi connectivity index (χ0) is 15.3. The fraction of sp³-hybridized carbons (Fsp3) is 0.917. The van der Waals surface area contributed by atoms with E-state index in [1.807, 2.05) is 0 Å². The smallest absolute Gasteiger partial charge is 0.378 e. The highest BCUT2D eigenvalue weighted by Gasteiger charge is 2.47. The Morgan fingerprint density at radius 1 is 1.50 bits per heavy atom. The Balaban J connectivity index is 2.88. The van der Waals surface area contributed by atoms with Crippen LogP contribution in [0.3, 0.4) is 0 Å². The summed E-state index contributed by atoms with van der Waals surface area (Å²) in [5.74, 6) is -0.439. The molecule has 0 aliphatic carbocycles. The molecule has 0 bridgehead atoms. The lowest BCUT2D eigenvalue weighted by Gasteiger charge is -2.40. The van der Waals surface area contributed by atoms with Crippen LogP contribution in [0.5, 0.6) is 0 Å². The molecule has 1 aliphatic rings. The maximum absolute atomic E-state index is 13.1. The van der Waals surface area contributed by atoms with Crippen LogP contribution < -0.4 is 11.1 Å². The summed E-state index contributed by atoms with van der Waals surface area (Å²) in [6, 6.07) is -2.77. The van der Waals surface area contributed by atoms with E-state index in [1.54, 1.807) is 13.8 Å². The molecule has 20 heavy (non-hydrogen) atoms. The highest BCUT2D eigenvalue weighted by molar-refractivity contribution is 5.82. The van der Waals surface area contributed by atoms with Crippen LogP contribution in [0.2, 0.25) is 0 Å². The third-order valence-electron chi connectivity index (χ3n) is 3.12. The SMILES string of the molecule is CC(C)NC(=O)C1COCCN1C(CCN)C(F)(F)F. The maximum atomic E-state index is 13.1. The van der Waals surface area contributed by atoms with Gasteiger partial charge in [-0.05, 0) is 26.8 Å². The Kier molecular flexibility index (Phi) is 6.22. The van der Waals surface area contributed by atoms with Gasteiger partial charge < -0.3 is 15.8 Å². The molecule has 2 atom stereocenters. The molecular formula is C12H22F3N3O2. The maximum Gasteiger partial charge on any atom is 0.404 e. The van der Waals surface area contributed by atoms with E-state index in [1.165, 1.54) is 0 Å². The predicted molar refractivity (Wildman–Crippen MR) is 68.1 cm³/mol. The summed E-state index contributed by atoms with van der Waals surface area (Å²) in [7, 11) is 0. The van der Waals surface area contributed by atoms with Gasteiger partial charge in [-0.15, -0.1) is 0 Å². The predicted octanol–water partition coefficient (Wildman–Crippen LogP) is 0.491. The van der Waals surface area contributed by atoms with Crippen molar-refractivity contribution in [3.8, 4) is 0 Å². The summed E-state index contributed by atoms with van der Waals surface area (Å²) in [6.45, 7) is 3.65. The van der Waals surface area contributed by atoms with Gasteiger partial charge in [0.1, 0.15) is 12.1 Å². The second kappa shape index (κ2) is 7.24. The zero-order valence-corrected chi connectivity index (χ0v) is 11.7. The lowest BCUT2D eigenvalue weighted by molar-refractivity contribution is -0.202. The summed E-state index contributed by atoms with van der Waals surface area (Å²) in [6.07, 6.45) is -4.64. The fourth-order valence-electron chi connectivity index (χ4n) is 2.27. The van der Waals surface area contributed by atoms with E-state index in [0.717, 1.165) is 4.90 Å². The van der Waals surface area contributed by atoms with Crippen molar-refractivity contribution in [2.45, 2.75) is 44.6 Å². The van der Waals surface area contributed by atoms with E-state index in [4.69, 9.17) is 10.5 Å². The first kappa shape index (κ1) is 17.2. The van der Waals surface area contributed by atoms with Crippen molar-refractivity contribution < 1.29 is 22.7 Å². The van der Waals surface area contributed by atoms with Gasteiger partial charge in [0.05, 0.1) is 13.2 Å². The number of morpholine rings is 1. The highest BCUT2D eigenvalue weighted by Crippen LogP contribution is 2.29. The van der Waals surface area contributed by atoms with Crippen molar-refractivity contribution >= 4 is 5.91 Å². The lowest BCUT2D eigenvalue weighted by atomic mass is 10.1. The summed E-state index contributed by atoms with van der Waals surface area (Å²) in [4.78, 5) is 13.2. The molecule has 0 radical (unpaired) electrons. The quantitative estimate of drug-likeness (QED) is 0.775. The topological polar surface area (TPSA) is 67.6 Å².